The lowest BCUT2D eigenvalue weighted by Gasteiger charge is -2.54. The van der Waals surface area contributed by atoms with Crippen LogP contribution in [-0.2, 0) is 9.47 Å². The van der Waals surface area contributed by atoms with Crippen molar-refractivity contribution in [3.8, 4) is 12.3 Å². The van der Waals surface area contributed by atoms with Gasteiger partial charge in [-0.05, 0) is 24.2 Å². The third-order valence-corrected chi connectivity index (χ3v) is 5.37. The second kappa shape index (κ2) is 3.49. The highest BCUT2D eigenvalue weighted by Gasteiger charge is 2.61. The van der Waals surface area contributed by atoms with Gasteiger partial charge >= 0.3 is 0 Å². The molecule has 17 heavy (non-hydrogen) atoms. The van der Waals surface area contributed by atoms with E-state index in [9.17, 15) is 0 Å². The molecule has 2 nitrogen and oxygen atoms in total. The van der Waals surface area contributed by atoms with E-state index >= 15 is 0 Å². The highest BCUT2D eigenvalue weighted by atomic mass is 16.7. The molecular formula is C15H22O2. The molecule has 0 bridgehead atoms. The van der Waals surface area contributed by atoms with Crippen LogP contribution in [0.3, 0.4) is 0 Å². The number of rotatable bonds is 0. The largest absolute Gasteiger partial charge is 0.348 e. The van der Waals surface area contributed by atoms with E-state index in [0.717, 1.165) is 26.1 Å². The summed E-state index contributed by atoms with van der Waals surface area (Å²) >= 11 is 0. The van der Waals surface area contributed by atoms with Gasteiger partial charge in [-0.3, -0.25) is 0 Å². The Kier molecular flexibility index (Phi) is 2.38. The number of ether oxygens (including phenoxy) is 2. The Balaban J connectivity index is 1.97. The molecule has 1 saturated heterocycles. The minimum Gasteiger partial charge on any atom is -0.348 e. The van der Waals surface area contributed by atoms with Gasteiger partial charge in [0.1, 0.15) is 0 Å². The molecular weight excluding hydrogens is 212 g/mol. The topological polar surface area (TPSA) is 18.5 Å². The summed E-state index contributed by atoms with van der Waals surface area (Å²) < 4.78 is 11.8. The van der Waals surface area contributed by atoms with Crippen molar-refractivity contribution in [2.45, 2.75) is 51.7 Å². The van der Waals surface area contributed by atoms with Gasteiger partial charge in [-0.2, -0.15) is 0 Å². The van der Waals surface area contributed by atoms with Gasteiger partial charge in [0, 0.05) is 18.3 Å². The zero-order chi connectivity index (χ0) is 12.1. The van der Waals surface area contributed by atoms with Gasteiger partial charge in [-0.1, -0.05) is 26.2 Å². The molecule has 3 aliphatic rings. The Morgan fingerprint density at radius 2 is 1.94 bits per heavy atom. The molecule has 0 unspecified atom stereocenters. The van der Waals surface area contributed by atoms with E-state index < -0.39 is 0 Å². The van der Waals surface area contributed by atoms with Gasteiger partial charge in [-0.25, -0.2) is 0 Å². The third-order valence-electron chi connectivity index (χ3n) is 5.37. The van der Waals surface area contributed by atoms with Gasteiger partial charge in [0.05, 0.1) is 13.2 Å². The standard InChI is InChI=1S/C15H22O2/c1-4-14-7-5-6-12(14)10-15(11-13(14,2)3)16-8-9-17-15/h1,12H,5-11H2,2-3H3/t12-,14-/m0/s1. The SMILES string of the molecule is C#C[C@]12CCC[C@H]1CC1(CC2(C)C)OCCO1. The predicted octanol–water partition coefficient (Wildman–Crippen LogP) is 2.97. The Morgan fingerprint density at radius 1 is 1.24 bits per heavy atom. The van der Waals surface area contributed by atoms with E-state index in [4.69, 9.17) is 15.9 Å². The maximum Gasteiger partial charge on any atom is 0.169 e. The van der Waals surface area contributed by atoms with Crippen LogP contribution >= 0.6 is 0 Å². The molecule has 2 atom stereocenters. The van der Waals surface area contributed by atoms with Crippen LogP contribution in [0, 0.1) is 29.1 Å². The summed E-state index contributed by atoms with van der Waals surface area (Å²) in [5, 5.41) is 0. The van der Waals surface area contributed by atoms with Crippen LogP contribution in [0.4, 0.5) is 0 Å². The average molecular weight is 234 g/mol. The molecule has 0 amide bonds. The monoisotopic (exact) mass is 234 g/mol. The molecule has 1 heterocycles. The van der Waals surface area contributed by atoms with Gasteiger partial charge < -0.3 is 9.47 Å². The summed E-state index contributed by atoms with van der Waals surface area (Å²) in [4.78, 5) is 0. The Morgan fingerprint density at radius 3 is 2.59 bits per heavy atom. The molecule has 0 radical (unpaired) electrons. The zero-order valence-corrected chi connectivity index (χ0v) is 10.9. The molecule has 94 valence electrons. The Labute approximate surface area is 104 Å². The van der Waals surface area contributed by atoms with Gasteiger partial charge in [0.2, 0.25) is 0 Å². The van der Waals surface area contributed by atoms with E-state index in [1.54, 1.807) is 0 Å². The summed E-state index contributed by atoms with van der Waals surface area (Å²) in [6.07, 6.45) is 11.5. The molecule has 0 N–H and O–H groups in total. The fourth-order valence-electron chi connectivity index (χ4n) is 4.63. The van der Waals surface area contributed by atoms with Crippen molar-refractivity contribution >= 4 is 0 Å². The van der Waals surface area contributed by atoms with Crippen LogP contribution < -0.4 is 0 Å². The normalized spacial score (nSPS) is 42.3. The molecule has 0 aromatic heterocycles. The highest BCUT2D eigenvalue weighted by molar-refractivity contribution is 5.21. The average Bonchev–Trinajstić information content (AvgIpc) is 2.85. The van der Waals surface area contributed by atoms with Crippen molar-refractivity contribution in [2.24, 2.45) is 16.7 Å². The molecule has 3 rings (SSSR count). The fraction of sp³-hybridized carbons (Fsp3) is 0.867. The van der Waals surface area contributed by atoms with Crippen LogP contribution in [0.25, 0.3) is 0 Å². The predicted molar refractivity (Wildman–Crippen MR) is 66.3 cm³/mol. The van der Waals surface area contributed by atoms with Crippen LogP contribution in [0.2, 0.25) is 0 Å². The van der Waals surface area contributed by atoms with Crippen LogP contribution in [-0.4, -0.2) is 19.0 Å². The fourth-order valence-corrected chi connectivity index (χ4v) is 4.63. The van der Waals surface area contributed by atoms with E-state index in [1.165, 1.54) is 19.3 Å². The number of hydrogen-bond acceptors (Lipinski definition) is 2. The number of hydrogen-bond donors (Lipinski definition) is 0. The molecule has 3 fully saturated rings. The minimum absolute atomic E-state index is 0.0769. The van der Waals surface area contributed by atoms with Gasteiger partial charge in [0.25, 0.3) is 0 Å². The first-order valence-electron chi connectivity index (χ1n) is 6.79. The summed E-state index contributed by atoms with van der Waals surface area (Å²) in [5.74, 6) is 3.42. The van der Waals surface area contributed by atoms with E-state index in [-0.39, 0.29) is 16.6 Å². The number of terminal acetylenes is 1. The number of fused-ring (bicyclic) bond motifs is 1. The van der Waals surface area contributed by atoms with Crippen molar-refractivity contribution in [3.05, 3.63) is 0 Å². The molecule has 1 aliphatic heterocycles. The first-order chi connectivity index (χ1) is 8.04. The highest BCUT2D eigenvalue weighted by Crippen LogP contribution is 2.64. The lowest BCUT2D eigenvalue weighted by Crippen LogP contribution is -2.53. The molecule has 2 heteroatoms. The first kappa shape index (κ1) is 11.6. The van der Waals surface area contributed by atoms with Gasteiger partial charge in [0.15, 0.2) is 5.79 Å². The summed E-state index contributed by atoms with van der Waals surface area (Å²) in [5.41, 5.74) is 0.194. The van der Waals surface area contributed by atoms with E-state index in [1.807, 2.05) is 0 Å². The van der Waals surface area contributed by atoms with Gasteiger partial charge in [-0.15, -0.1) is 6.42 Å². The summed E-state index contributed by atoms with van der Waals surface area (Å²) in [7, 11) is 0. The second-order valence-corrected chi connectivity index (χ2v) is 6.58. The summed E-state index contributed by atoms with van der Waals surface area (Å²) in [6.45, 7) is 6.09. The van der Waals surface area contributed by atoms with Crippen LogP contribution in [0.15, 0.2) is 0 Å². The lowest BCUT2D eigenvalue weighted by atomic mass is 9.53. The zero-order valence-electron chi connectivity index (χ0n) is 10.9. The van der Waals surface area contributed by atoms with Crippen LogP contribution in [0.5, 0.6) is 0 Å². The quantitative estimate of drug-likeness (QED) is 0.600. The van der Waals surface area contributed by atoms with E-state index in [0.29, 0.717) is 5.92 Å². The molecule has 0 aromatic carbocycles. The smallest absolute Gasteiger partial charge is 0.169 e. The van der Waals surface area contributed by atoms with Crippen molar-refractivity contribution in [1.29, 1.82) is 0 Å². The molecule has 1 spiro atoms. The molecule has 2 aliphatic carbocycles. The lowest BCUT2D eigenvalue weighted by molar-refractivity contribution is -0.230. The maximum absolute atomic E-state index is 5.92. The first-order valence-corrected chi connectivity index (χ1v) is 6.79. The Bertz CT molecular complexity index is 360. The van der Waals surface area contributed by atoms with Crippen molar-refractivity contribution in [3.63, 3.8) is 0 Å². The molecule has 0 aromatic rings. The minimum atomic E-state index is -0.321. The Hall–Kier alpha value is -0.520. The summed E-state index contributed by atoms with van der Waals surface area (Å²) in [6, 6.07) is 0. The van der Waals surface area contributed by atoms with E-state index in [2.05, 4.69) is 19.8 Å². The second-order valence-electron chi connectivity index (χ2n) is 6.58. The van der Waals surface area contributed by atoms with Crippen molar-refractivity contribution < 1.29 is 9.47 Å². The third kappa shape index (κ3) is 1.42. The van der Waals surface area contributed by atoms with Crippen molar-refractivity contribution in [2.75, 3.05) is 13.2 Å². The van der Waals surface area contributed by atoms with Crippen LogP contribution in [0.1, 0.15) is 46.0 Å². The van der Waals surface area contributed by atoms with Crippen molar-refractivity contribution in [1.82, 2.24) is 0 Å². The maximum atomic E-state index is 5.92. The molecule has 2 saturated carbocycles.